The van der Waals surface area contributed by atoms with Gasteiger partial charge in [0, 0.05) is 32.2 Å². The molecule has 0 bridgehead atoms. The van der Waals surface area contributed by atoms with Crippen LogP contribution in [0.2, 0.25) is 0 Å². The third kappa shape index (κ3) is 9.12. The number of hydrogen-bond donors (Lipinski definition) is 1. The Kier molecular flexibility index (Phi) is 10.3. The molecule has 0 radical (unpaired) electrons. The van der Waals surface area contributed by atoms with Gasteiger partial charge in [0.2, 0.25) is 0 Å². The molecule has 3 aromatic rings. The molecule has 1 aliphatic rings. The Labute approximate surface area is 222 Å². The Bertz CT molecular complexity index is 1070. The summed E-state index contributed by atoms with van der Waals surface area (Å²) >= 11 is 0. The number of rotatable bonds is 13. The zero-order chi connectivity index (χ0) is 25.9. The van der Waals surface area contributed by atoms with Crippen LogP contribution in [0.3, 0.4) is 0 Å². The molecular weight excluding hydrogens is 458 g/mol. The molecule has 5 heteroatoms. The first-order chi connectivity index (χ1) is 18.1. The first kappa shape index (κ1) is 27.1. The van der Waals surface area contributed by atoms with Gasteiger partial charge in [0.15, 0.2) is 0 Å². The average Bonchev–Trinajstić information content (AvgIpc) is 2.89. The van der Waals surface area contributed by atoms with E-state index in [0.29, 0.717) is 18.3 Å². The van der Waals surface area contributed by atoms with Gasteiger partial charge < -0.3 is 10.1 Å². The van der Waals surface area contributed by atoms with E-state index in [1.807, 2.05) is 12.1 Å². The minimum absolute atomic E-state index is 0.474. The molecule has 0 aliphatic carbocycles. The largest absolute Gasteiger partial charge is 0.429 e. The summed E-state index contributed by atoms with van der Waals surface area (Å²) in [5, 5.41) is 3.83. The van der Waals surface area contributed by atoms with Crippen molar-refractivity contribution in [2.75, 3.05) is 26.2 Å². The molecule has 0 spiro atoms. The number of piperidine rings is 1. The van der Waals surface area contributed by atoms with Gasteiger partial charge in [-0.2, -0.15) is 0 Å². The lowest BCUT2D eigenvalue weighted by Crippen LogP contribution is -2.42. The van der Waals surface area contributed by atoms with Crippen LogP contribution in [0.5, 0.6) is 5.75 Å². The van der Waals surface area contributed by atoms with Crippen LogP contribution in [-0.2, 0) is 24.4 Å². The van der Waals surface area contributed by atoms with Crippen molar-refractivity contribution in [3.05, 3.63) is 101 Å². The van der Waals surface area contributed by atoms with Gasteiger partial charge in [-0.3, -0.25) is 14.6 Å². The van der Waals surface area contributed by atoms with Crippen LogP contribution in [0.25, 0.3) is 0 Å². The summed E-state index contributed by atoms with van der Waals surface area (Å²) in [7, 11) is 0. The molecular formula is C32H41N3O2. The van der Waals surface area contributed by atoms with Crippen LogP contribution in [0.15, 0.2) is 72.8 Å². The molecule has 37 heavy (non-hydrogen) atoms. The van der Waals surface area contributed by atoms with Gasteiger partial charge in [-0.05, 0) is 81.6 Å². The van der Waals surface area contributed by atoms with Crippen LogP contribution in [0, 0.1) is 13.8 Å². The maximum atomic E-state index is 10.6. The quantitative estimate of drug-likeness (QED) is 0.249. The number of carbonyl (C=O) groups excluding carboxylic acids is 1. The third-order valence-corrected chi connectivity index (χ3v) is 7.12. The molecule has 0 aromatic heterocycles. The molecule has 196 valence electrons. The Morgan fingerprint density at radius 2 is 1.57 bits per heavy atom. The van der Waals surface area contributed by atoms with Crippen molar-refractivity contribution in [1.29, 1.82) is 0 Å². The molecule has 5 nitrogen and oxygen atoms in total. The minimum atomic E-state index is 0.474. The van der Waals surface area contributed by atoms with E-state index in [1.165, 1.54) is 40.7 Å². The van der Waals surface area contributed by atoms with Gasteiger partial charge >= 0.3 is 0 Å². The molecule has 0 atom stereocenters. The van der Waals surface area contributed by atoms with Gasteiger partial charge in [-0.1, -0.05) is 71.8 Å². The highest BCUT2D eigenvalue weighted by Gasteiger charge is 2.18. The molecule has 1 N–H and O–H groups in total. The summed E-state index contributed by atoms with van der Waals surface area (Å²) in [6.45, 7) is 12.1. The lowest BCUT2D eigenvalue weighted by atomic mass is 10.0. The van der Waals surface area contributed by atoms with Crippen LogP contribution < -0.4 is 10.1 Å². The van der Waals surface area contributed by atoms with E-state index < -0.39 is 0 Å². The second kappa shape index (κ2) is 14.1. The van der Waals surface area contributed by atoms with E-state index in [9.17, 15) is 4.79 Å². The summed E-state index contributed by atoms with van der Waals surface area (Å²) in [5.74, 6) is 0.582. The van der Waals surface area contributed by atoms with Gasteiger partial charge in [0.05, 0.1) is 0 Å². The summed E-state index contributed by atoms with van der Waals surface area (Å²) < 4.78 is 4.96. The first-order valence-electron chi connectivity index (χ1n) is 13.6. The first-order valence-corrected chi connectivity index (χ1v) is 13.6. The summed E-state index contributed by atoms with van der Waals surface area (Å²) in [4.78, 5) is 15.7. The fourth-order valence-corrected chi connectivity index (χ4v) is 5.37. The monoisotopic (exact) mass is 499 g/mol. The highest BCUT2D eigenvalue weighted by atomic mass is 16.5. The van der Waals surface area contributed by atoms with E-state index in [0.717, 1.165) is 52.2 Å². The van der Waals surface area contributed by atoms with Crippen molar-refractivity contribution in [2.45, 2.75) is 58.8 Å². The number of nitrogens with one attached hydrogen (secondary N) is 1. The van der Waals surface area contributed by atoms with E-state index in [-0.39, 0.29) is 0 Å². The smallest absolute Gasteiger partial charge is 0.298 e. The van der Waals surface area contributed by atoms with E-state index >= 15 is 0 Å². The Morgan fingerprint density at radius 1 is 0.892 bits per heavy atom. The van der Waals surface area contributed by atoms with E-state index in [4.69, 9.17) is 4.74 Å². The molecule has 1 heterocycles. The highest BCUT2D eigenvalue weighted by Crippen LogP contribution is 2.17. The van der Waals surface area contributed by atoms with Gasteiger partial charge in [-0.15, -0.1) is 0 Å². The minimum Gasteiger partial charge on any atom is -0.429 e. The number of carbonyl (C=O) groups is 1. The van der Waals surface area contributed by atoms with Crippen LogP contribution in [-0.4, -0.2) is 48.5 Å². The summed E-state index contributed by atoms with van der Waals surface area (Å²) in [5.41, 5.74) is 6.61. The number of likely N-dealkylation sites (tertiary alicyclic amines) is 1. The van der Waals surface area contributed by atoms with Crippen molar-refractivity contribution in [3.63, 3.8) is 0 Å². The molecule has 0 unspecified atom stereocenters. The second-order valence-corrected chi connectivity index (χ2v) is 10.4. The van der Waals surface area contributed by atoms with E-state index in [2.05, 4.69) is 89.6 Å². The van der Waals surface area contributed by atoms with Crippen LogP contribution in [0.4, 0.5) is 0 Å². The normalized spacial score (nSPS) is 14.7. The maximum absolute atomic E-state index is 10.6. The molecule has 0 saturated carbocycles. The third-order valence-electron chi connectivity index (χ3n) is 7.12. The van der Waals surface area contributed by atoms with Crippen LogP contribution >= 0.6 is 0 Å². The van der Waals surface area contributed by atoms with Crippen molar-refractivity contribution in [2.24, 2.45) is 0 Å². The van der Waals surface area contributed by atoms with Gasteiger partial charge in [0.1, 0.15) is 5.75 Å². The number of nitrogens with zero attached hydrogens (tertiary/aromatic N) is 2. The maximum Gasteiger partial charge on any atom is 0.298 e. The molecule has 1 aliphatic heterocycles. The average molecular weight is 500 g/mol. The fourth-order valence-electron chi connectivity index (χ4n) is 5.37. The fraction of sp³-hybridized carbons (Fsp3) is 0.406. The summed E-state index contributed by atoms with van der Waals surface area (Å²) in [6, 6.07) is 26.1. The molecule has 4 rings (SSSR count). The molecule has 0 amide bonds. The number of hydrogen-bond acceptors (Lipinski definition) is 5. The number of aryl methyl sites for hydroxylation is 2. The standard InChI is InChI=1S/C32H41N3O2/c1-26-19-27(2)21-30(20-26)24-35(23-29-9-11-32(12-10-29)37-25-36)16-6-15-33-31-13-17-34(18-14-31)22-28-7-4-3-5-8-28/h3-5,7-12,19-21,25,31,33H,6,13-18,22-24H2,1-2H3. The summed E-state index contributed by atoms with van der Waals surface area (Å²) in [6.07, 6.45) is 3.55. The van der Waals surface area contributed by atoms with E-state index in [1.54, 1.807) is 0 Å². The molecule has 1 fully saturated rings. The van der Waals surface area contributed by atoms with Crippen molar-refractivity contribution in [1.82, 2.24) is 15.1 Å². The van der Waals surface area contributed by atoms with Crippen molar-refractivity contribution in [3.8, 4) is 5.75 Å². The van der Waals surface area contributed by atoms with Gasteiger partial charge in [0.25, 0.3) is 6.47 Å². The highest BCUT2D eigenvalue weighted by molar-refractivity contribution is 5.45. The Balaban J connectivity index is 1.25. The van der Waals surface area contributed by atoms with Crippen LogP contribution in [0.1, 0.15) is 47.1 Å². The van der Waals surface area contributed by atoms with Gasteiger partial charge in [-0.25, -0.2) is 0 Å². The zero-order valence-electron chi connectivity index (χ0n) is 22.4. The zero-order valence-corrected chi connectivity index (χ0v) is 22.4. The lowest BCUT2D eigenvalue weighted by Gasteiger charge is -2.32. The second-order valence-electron chi connectivity index (χ2n) is 10.4. The topological polar surface area (TPSA) is 44.8 Å². The molecule has 3 aromatic carbocycles. The Morgan fingerprint density at radius 3 is 2.24 bits per heavy atom. The van der Waals surface area contributed by atoms with Crippen molar-refractivity contribution >= 4 is 6.47 Å². The number of ether oxygens (including phenoxy) is 1. The lowest BCUT2D eigenvalue weighted by molar-refractivity contribution is -0.120. The predicted octanol–water partition coefficient (Wildman–Crippen LogP) is 5.49. The SMILES string of the molecule is Cc1cc(C)cc(CN(CCCNC2CCN(Cc3ccccc3)CC2)Cc2ccc(OC=O)cc2)c1. The molecule has 1 saturated heterocycles. The predicted molar refractivity (Wildman–Crippen MR) is 151 cm³/mol. The Hall–Kier alpha value is -2.99. The van der Waals surface area contributed by atoms with Crippen molar-refractivity contribution < 1.29 is 9.53 Å². The number of benzene rings is 3.